The van der Waals surface area contributed by atoms with Gasteiger partial charge in [-0.2, -0.15) is 0 Å². The predicted octanol–water partition coefficient (Wildman–Crippen LogP) is 0.832. The van der Waals surface area contributed by atoms with Crippen molar-refractivity contribution in [3.8, 4) is 0 Å². The SMILES string of the molecule is CCCN1C(=O)CC(NC2CC=CC2)C1=O. The standard InChI is InChI=1S/C12H18N2O2/c1-2-7-14-11(15)8-10(12(14)16)13-9-5-3-4-6-9/h3-4,9-10,13H,2,5-8H2,1H3. The average Bonchev–Trinajstić information content (AvgIpc) is 2.84. The van der Waals surface area contributed by atoms with Crippen LogP contribution in [0.5, 0.6) is 0 Å². The van der Waals surface area contributed by atoms with Crippen LogP contribution in [0.4, 0.5) is 0 Å². The van der Waals surface area contributed by atoms with E-state index in [0.29, 0.717) is 19.0 Å². The van der Waals surface area contributed by atoms with Crippen molar-refractivity contribution < 1.29 is 9.59 Å². The van der Waals surface area contributed by atoms with Crippen LogP contribution in [0.15, 0.2) is 12.2 Å². The van der Waals surface area contributed by atoms with Crippen molar-refractivity contribution in [3.05, 3.63) is 12.2 Å². The quantitative estimate of drug-likeness (QED) is 0.566. The molecule has 2 aliphatic rings. The van der Waals surface area contributed by atoms with Gasteiger partial charge in [-0.05, 0) is 19.3 Å². The minimum absolute atomic E-state index is 0.0321. The first-order valence-corrected chi connectivity index (χ1v) is 5.97. The second-order valence-electron chi connectivity index (χ2n) is 4.45. The van der Waals surface area contributed by atoms with Gasteiger partial charge in [-0.25, -0.2) is 0 Å². The van der Waals surface area contributed by atoms with Gasteiger partial charge in [0.25, 0.3) is 0 Å². The summed E-state index contributed by atoms with van der Waals surface area (Å²) >= 11 is 0. The minimum Gasteiger partial charge on any atom is -0.302 e. The molecule has 2 rings (SSSR count). The van der Waals surface area contributed by atoms with Gasteiger partial charge in [-0.15, -0.1) is 0 Å². The number of amides is 2. The fourth-order valence-electron chi connectivity index (χ4n) is 2.31. The molecule has 0 aromatic rings. The molecule has 88 valence electrons. The van der Waals surface area contributed by atoms with Crippen LogP contribution in [-0.4, -0.2) is 35.3 Å². The van der Waals surface area contributed by atoms with Crippen LogP contribution in [-0.2, 0) is 9.59 Å². The average molecular weight is 222 g/mol. The van der Waals surface area contributed by atoms with Crippen molar-refractivity contribution in [1.82, 2.24) is 10.2 Å². The molecule has 1 fully saturated rings. The van der Waals surface area contributed by atoms with Crippen LogP contribution >= 0.6 is 0 Å². The van der Waals surface area contributed by atoms with Gasteiger partial charge in [-0.3, -0.25) is 14.5 Å². The maximum absolute atomic E-state index is 11.9. The monoisotopic (exact) mass is 222 g/mol. The molecule has 1 N–H and O–H groups in total. The summed E-state index contributed by atoms with van der Waals surface area (Å²) in [7, 11) is 0. The van der Waals surface area contributed by atoms with E-state index in [0.717, 1.165) is 19.3 Å². The highest BCUT2D eigenvalue weighted by atomic mass is 16.2. The Labute approximate surface area is 95.7 Å². The summed E-state index contributed by atoms with van der Waals surface area (Å²) in [4.78, 5) is 24.9. The van der Waals surface area contributed by atoms with E-state index in [4.69, 9.17) is 0 Å². The third-order valence-electron chi connectivity index (χ3n) is 3.14. The Kier molecular flexibility index (Phi) is 3.39. The molecule has 0 spiro atoms. The predicted molar refractivity (Wildman–Crippen MR) is 60.7 cm³/mol. The highest BCUT2D eigenvalue weighted by molar-refractivity contribution is 6.05. The summed E-state index contributed by atoms with van der Waals surface area (Å²) in [5, 5.41) is 3.27. The van der Waals surface area contributed by atoms with Crippen molar-refractivity contribution in [2.24, 2.45) is 0 Å². The lowest BCUT2D eigenvalue weighted by atomic mass is 10.1. The Hall–Kier alpha value is -1.16. The van der Waals surface area contributed by atoms with Gasteiger partial charge in [0.15, 0.2) is 0 Å². The molecule has 0 aromatic carbocycles. The largest absolute Gasteiger partial charge is 0.302 e. The van der Waals surface area contributed by atoms with Gasteiger partial charge in [0.1, 0.15) is 0 Å². The third kappa shape index (κ3) is 2.16. The van der Waals surface area contributed by atoms with E-state index in [1.54, 1.807) is 0 Å². The Morgan fingerprint density at radius 2 is 2.06 bits per heavy atom. The normalized spacial score (nSPS) is 26.1. The number of nitrogens with one attached hydrogen (secondary N) is 1. The van der Waals surface area contributed by atoms with Crippen LogP contribution < -0.4 is 5.32 Å². The molecular weight excluding hydrogens is 204 g/mol. The maximum atomic E-state index is 11.9. The van der Waals surface area contributed by atoms with Gasteiger partial charge < -0.3 is 5.32 Å². The molecule has 1 saturated heterocycles. The van der Waals surface area contributed by atoms with Gasteiger partial charge in [-0.1, -0.05) is 19.1 Å². The van der Waals surface area contributed by atoms with E-state index in [9.17, 15) is 9.59 Å². The number of likely N-dealkylation sites (tertiary alicyclic amines) is 1. The lowest BCUT2D eigenvalue weighted by Gasteiger charge is -2.17. The molecule has 0 radical (unpaired) electrons. The summed E-state index contributed by atoms with van der Waals surface area (Å²) in [6.07, 6.45) is 7.31. The minimum atomic E-state index is -0.288. The topological polar surface area (TPSA) is 49.4 Å². The third-order valence-corrected chi connectivity index (χ3v) is 3.14. The number of nitrogens with zero attached hydrogens (tertiary/aromatic N) is 1. The van der Waals surface area contributed by atoms with Gasteiger partial charge in [0, 0.05) is 12.6 Å². The maximum Gasteiger partial charge on any atom is 0.246 e. The van der Waals surface area contributed by atoms with Gasteiger partial charge in [0.2, 0.25) is 11.8 Å². The van der Waals surface area contributed by atoms with E-state index in [-0.39, 0.29) is 17.9 Å². The molecule has 2 amide bonds. The molecule has 0 aromatic heterocycles. The molecule has 0 saturated carbocycles. The highest BCUT2D eigenvalue weighted by Gasteiger charge is 2.38. The van der Waals surface area contributed by atoms with E-state index >= 15 is 0 Å². The number of imide groups is 1. The fourth-order valence-corrected chi connectivity index (χ4v) is 2.31. The molecule has 4 heteroatoms. The van der Waals surface area contributed by atoms with Crippen molar-refractivity contribution >= 4 is 11.8 Å². The molecular formula is C12H18N2O2. The molecule has 16 heavy (non-hydrogen) atoms. The summed E-state index contributed by atoms with van der Waals surface area (Å²) in [5.41, 5.74) is 0. The molecule has 1 unspecified atom stereocenters. The second-order valence-corrected chi connectivity index (χ2v) is 4.45. The van der Waals surface area contributed by atoms with Crippen LogP contribution in [0.1, 0.15) is 32.6 Å². The van der Waals surface area contributed by atoms with Gasteiger partial charge >= 0.3 is 0 Å². The Balaban J connectivity index is 1.92. The lowest BCUT2D eigenvalue weighted by molar-refractivity contribution is -0.138. The summed E-state index contributed by atoms with van der Waals surface area (Å²) < 4.78 is 0. The van der Waals surface area contributed by atoms with Crippen LogP contribution in [0.2, 0.25) is 0 Å². The van der Waals surface area contributed by atoms with E-state index in [1.165, 1.54) is 4.90 Å². The smallest absolute Gasteiger partial charge is 0.246 e. The van der Waals surface area contributed by atoms with Crippen molar-refractivity contribution in [3.63, 3.8) is 0 Å². The zero-order valence-corrected chi connectivity index (χ0v) is 9.61. The van der Waals surface area contributed by atoms with Crippen molar-refractivity contribution in [2.75, 3.05) is 6.54 Å². The molecule has 1 atom stereocenters. The molecule has 4 nitrogen and oxygen atoms in total. The number of hydrogen-bond donors (Lipinski definition) is 1. The summed E-state index contributed by atoms with van der Waals surface area (Å²) in [6, 6.07) is 0.0484. The van der Waals surface area contributed by atoms with E-state index in [2.05, 4.69) is 17.5 Å². The van der Waals surface area contributed by atoms with Crippen LogP contribution in [0, 0.1) is 0 Å². The first-order valence-electron chi connectivity index (χ1n) is 5.97. The summed E-state index contributed by atoms with van der Waals surface area (Å²) in [5.74, 6) is -0.0749. The van der Waals surface area contributed by atoms with Crippen LogP contribution in [0.25, 0.3) is 0 Å². The number of carbonyl (C=O) groups excluding carboxylic acids is 2. The summed E-state index contributed by atoms with van der Waals surface area (Å²) in [6.45, 7) is 2.53. The highest BCUT2D eigenvalue weighted by Crippen LogP contribution is 2.17. The number of hydrogen-bond acceptors (Lipinski definition) is 3. The molecule has 1 aliphatic heterocycles. The number of rotatable bonds is 4. The van der Waals surface area contributed by atoms with Crippen molar-refractivity contribution in [1.29, 1.82) is 0 Å². The lowest BCUT2D eigenvalue weighted by Crippen LogP contribution is -2.43. The first kappa shape index (κ1) is 11.3. The second kappa shape index (κ2) is 4.78. The number of carbonyl (C=O) groups is 2. The van der Waals surface area contributed by atoms with Gasteiger partial charge in [0.05, 0.1) is 12.5 Å². The Bertz CT molecular complexity index is 317. The van der Waals surface area contributed by atoms with E-state index < -0.39 is 0 Å². The zero-order valence-electron chi connectivity index (χ0n) is 9.61. The Morgan fingerprint density at radius 1 is 1.38 bits per heavy atom. The fraction of sp³-hybridized carbons (Fsp3) is 0.667. The van der Waals surface area contributed by atoms with Crippen LogP contribution in [0.3, 0.4) is 0 Å². The Morgan fingerprint density at radius 3 is 2.69 bits per heavy atom. The van der Waals surface area contributed by atoms with Crippen molar-refractivity contribution in [2.45, 2.75) is 44.7 Å². The molecule has 1 heterocycles. The first-order chi connectivity index (χ1) is 7.72. The van der Waals surface area contributed by atoms with E-state index in [1.807, 2.05) is 6.92 Å². The zero-order chi connectivity index (χ0) is 11.5. The molecule has 0 bridgehead atoms. The molecule has 1 aliphatic carbocycles.